The molecule has 0 spiro atoms. The number of para-hydroxylation sites is 1. The normalized spacial score (nSPS) is 18.0. The van der Waals surface area contributed by atoms with Gasteiger partial charge in [-0.15, -0.1) is 0 Å². The topological polar surface area (TPSA) is 87.9 Å². The highest BCUT2D eigenvalue weighted by molar-refractivity contribution is 5.95. The largest absolute Gasteiger partial charge is 0.443 e. The highest BCUT2D eigenvalue weighted by Crippen LogP contribution is 2.42. The molecule has 0 saturated carbocycles. The molecule has 2 aliphatic rings. The molecule has 2 amide bonds. The minimum atomic E-state index is -0.668. The molecule has 200 valence electrons. The number of hydrogen-bond acceptors (Lipinski definition) is 5. The first-order valence-electron chi connectivity index (χ1n) is 13.3. The Hall–Kier alpha value is -3.65. The summed E-state index contributed by atoms with van der Waals surface area (Å²) in [5, 5.41) is 11.2. The Bertz CT molecular complexity index is 1270. The number of fused-ring (bicyclic) bond motifs is 3. The number of anilines is 1. The minimum absolute atomic E-state index is 0.0617. The van der Waals surface area contributed by atoms with Crippen LogP contribution in [0.5, 0.6) is 0 Å². The lowest BCUT2D eigenvalue weighted by Gasteiger charge is -2.36. The van der Waals surface area contributed by atoms with Gasteiger partial charge in [0.15, 0.2) is 0 Å². The SMILES string of the molecule is CC(C)(C)OC(=O)N(CC(=O)N1CCC(C(O)CC2c3ccccc3-c3cncn32)CC1)c1ccccc1. The van der Waals surface area contributed by atoms with Crippen LogP contribution >= 0.6 is 0 Å². The number of hydrogen-bond donors (Lipinski definition) is 1. The maximum absolute atomic E-state index is 13.3. The average Bonchev–Trinajstić information content (AvgIpc) is 3.49. The molecular formula is C30H36N4O4. The Morgan fingerprint density at radius 3 is 2.47 bits per heavy atom. The van der Waals surface area contributed by atoms with Gasteiger partial charge in [0.25, 0.3) is 0 Å². The van der Waals surface area contributed by atoms with E-state index < -0.39 is 17.8 Å². The fraction of sp³-hybridized carbons (Fsp3) is 0.433. The Labute approximate surface area is 223 Å². The maximum atomic E-state index is 13.3. The number of aliphatic hydroxyl groups excluding tert-OH is 1. The van der Waals surface area contributed by atoms with Crippen LogP contribution in [0.2, 0.25) is 0 Å². The Balaban J connectivity index is 1.20. The van der Waals surface area contributed by atoms with Crippen molar-refractivity contribution in [3.8, 4) is 11.3 Å². The summed E-state index contributed by atoms with van der Waals surface area (Å²) in [5.41, 5.74) is 3.44. The first-order valence-corrected chi connectivity index (χ1v) is 13.3. The molecule has 3 heterocycles. The van der Waals surface area contributed by atoms with Crippen LogP contribution in [0.1, 0.15) is 51.6 Å². The van der Waals surface area contributed by atoms with Crippen LogP contribution in [0.15, 0.2) is 67.1 Å². The number of amides is 2. The van der Waals surface area contributed by atoms with Crippen molar-refractivity contribution in [1.29, 1.82) is 0 Å². The predicted octanol–water partition coefficient (Wildman–Crippen LogP) is 4.88. The van der Waals surface area contributed by atoms with Crippen LogP contribution in [0, 0.1) is 5.92 Å². The van der Waals surface area contributed by atoms with Gasteiger partial charge in [0.05, 0.1) is 30.4 Å². The van der Waals surface area contributed by atoms with Gasteiger partial charge in [0.2, 0.25) is 5.91 Å². The van der Waals surface area contributed by atoms with Crippen molar-refractivity contribution >= 4 is 17.7 Å². The van der Waals surface area contributed by atoms with Crippen LogP contribution in [-0.4, -0.2) is 62.9 Å². The van der Waals surface area contributed by atoms with Gasteiger partial charge in [-0.2, -0.15) is 0 Å². The first-order chi connectivity index (χ1) is 18.2. The van der Waals surface area contributed by atoms with E-state index in [1.165, 1.54) is 16.0 Å². The Morgan fingerprint density at radius 2 is 1.76 bits per heavy atom. The molecule has 5 rings (SSSR count). The number of likely N-dealkylation sites (tertiary alicyclic amines) is 1. The van der Waals surface area contributed by atoms with E-state index in [1.807, 2.05) is 63.6 Å². The number of aromatic nitrogens is 2. The highest BCUT2D eigenvalue weighted by atomic mass is 16.6. The van der Waals surface area contributed by atoms with Gasteiger partial charge in [-0.05, 0) is 63.6 Å². The van der Waals surface area contributed by atoms with Crippen LogP contribution in [0.4, 0.5) is 10.5 Å². The van der Waals surface area contributed by atoms with E-state index in [0.29, 0.717) is 25.2 Å². The predicted molar refractivity (Wildman–Crippen MR) is 146 cm³/mol. The number of aliphatic hydroxyl groups is 1. The lowest BCUT2D eigenvalue weighted by Crippen LogP contribution is -2.48. The molecule has 0 radical (unpaired) electrons. The van der Waals surface area contributed by atoms with Crippen molar-refractivity contribution in [2.45, 2.75) is 57.8 Å². The molecule has 1 saturated heterocycles. The number of piperidine rings is 1. The molecule has 38 heavy (non-hydrogen) atoms. The molecule has 1 aromatic heterocycles. The fourth-order valence-corrected chi connectivity index (χ4v) is 5.55. The number of carbonyl (C=O) groups is 2. The molecule has 0 bridgehead atoms. The third-order valence-corrected chi connectivity index (χ3v) is 7.47. The smallest absolute Gasteiger partial charge is 0.415 e. The van der Waals surface area contributed by atoms with Crippen molar-refractivity contribution in [3.05, 3.63) is 72.7 Å². The fourth-order valence-electron chi connectivity index (χ4n) is 5.55. The van der Waals surface area contributed by atoms with E-state index in [1.54, 1.807) is 17.0 Å². The zero-order valence-corrected chi connectivity index (χ0v) is 22.3. The van der Waals surface area contributed by atoms with Crippen molar-refractivity contribution in [2.75, 3.05) is 24.5 Å². The molecule has 2 atom stereocenters. The summed E-state index contributed by atoms with van der Waals surface area (Å²) in [4.78, 5) is 33.7. The Morgan fingerprint density at radius 1 is 1.08 bits per heavy atom. The maximum Gasteiger partial charge on any atom is 0.415 e. The average molecular weight is 517 g/mol. The van der Waals surface area contributed by atoms with E-state index >= 15 is 0 Å². The lowest BCUT2D eigenvalue weighted by atomic mass is 9.86. The molecular weight excluding hydrogens is 480 g/mol. The van der Waals surface area contributed by atoms with Gasteiger partial charge < -0.3 is 19.3 Å². The second kappa shape index (κ2) is 10.6. The van der Waals surface area contributed by atoms with E-state index in [4.69, 9.17) is 4.74 Å². The number of benzene rings is 2. The van der Waals surface area contributed by atoms with E-state index in [2.05, 4.69) is 21.7 Å². The second-order valence-corrected chi connectivity index (χ2v) is 11.2. The minimum Gasteiger partial charge on any atom is -0.443 e. The summed E-state index contributed by atoms with van der Waals surface area (Å²) in [5.74, 6) is -0.0182. The number of imidazole rings is 1. The van der Waals surface area contributed by atoms with Crippen LogP contribution in [0.3, 0.4) is 0 Å². The third-order valence-electron chi connectivity index (χ3n) is 7.47. The van der Waals surface area contributed by atoms with Gasteiger partial charge in [0.1, 0.15) is 12.1 Å². The Kier molecular flexibility index (Phi) is 7.25. The van der Waals surface area contributed by atoms with E-state index in [-0.39, 0.29) is 24.4 Å². The van der Waals surface area contributed by atoms with Crippen molar-refractivity contribution < 1.29 is 19.4 Å². The number of carbonyl (C=O) groups excluding carboxylic acids is 2. The van der Waals surface area contributed by atoms with Crippen LogP contribution < -0.4 is 4.90 Å². The summed E-state index contributed by atoms with van der Waals surface area (Å²) >= 11 is 0. The zero-order chi connectivity index (χ0) is 26.9. The number of ether oxygens (including phenoxy) is 1. The van der Waals surface area contributed by atoms with Gasteiger partial charge in [-0.3, -0.25) is 9.69 Å². The standard InChI is InChI=1S/C30H36N4O4/c1-30(2,3)38-29(37)33(22-9-5-4-6-10-22)19-28(36)32-15-13-21(14-16-32)27(35)17-25-23-11-7-8-12-24(23)26-18-31-20-34(25)26/h4-12,18,20-21,25,27,35H,13-17,19H2,1-3H3. The summed E-state index contributed by atoms with van der Waals surface area (Å²) in [6.07, 6.45) is 4.74. The van der Waals surface area contributed by atoms with Crippen LogP contribution in [-0.2, 0) is 9.53 Å². The van der Waals surface area contributed by atoms with Crippen molar-refractivity contribution in [1.82, 2.24) is 14.5 Å². The van der Waals surface area contributed by atoms with Gasteiger partial charge in [-0.25, -0.2) is 9.78 Å². The van der Waals surface area contributed by atoms with Crippen molar-refractivity contribution in [3.63, 3.8) is 0 Å². The summed E-state index contributed by atoms with van der Waals surface area (Å²) < 4.78 is 7.73. The molecule has 1 fully saturated rings. The first kappa shape index (κ1) is 26.0. The summed E-state index contributed by atoms with van der Waals surface area (Å²) in [7, 11) is 0. The number of nitrogens with zero attached hydrogens (tertiary/aromatic N) is 4. The van der Waals surface area contributed by atoms with Gasteiger partial charge in [0, 0.05) is 24.3 Å². The monoisotopic (exact) mass is 516 g/mol. The summed E-state index contributed by atoms with van der Waals surface area (Å²) in [6.45, 7) is 6.44. The van der Waals surface area contributed by atoms with E-state index in [9.17, 15) is 14.7 Å². The lowest BCUT2D eigenvalue weighted by molar-refractivity contribution is -0.131. The molecule has 2 aliphatic heterocycles. The van der Waals surface area contributed by atoms with Crippen molar-refractivity contribution in [2.24, 2.45) is 5.92 Å². The van der Waals surface area contributed by atoms with Crippen LogP contribution in [0.25, 0.3) is 11.3 Å². The zero-order valence-electron chi connectivity index (χ0n) is 22.3. The summed E-state index contributed by atoms with van der Waals surface area (Å²) in [6, 6.07) is 17.5. The van der Waals surface area contributed by atoms with Gasteiger partial charge in [-0.1, -0.05) is 42.5 Å². The molecule has 0 aliphatic carbocycles. The van der Waals surface area contributed by atoms with Gasteiger partial charge >= 0.3 is 6.09 Å². The molecule has 3 aromatic rings. The molecule has 2 aromatic carbocycles. The number of rotatable bonds is 6. The molecule has 2 unspecified atom stereocenters. The highest BCUT2D eigenvalue weighted by Gasteiger charge is 2.35. The molecule has 8 heteroatoms. The van der Waals surface area contributed by atoms with E-state index in [0.717, 1.165) is 18.5 Å². The molecule has 8 nitrogen and oxygen atoms in total. The third kappa shape index (κ3) is 5.45. The second-order valence-electron chi connectivity index (χ2n) is 11.2. The quantitative estimate of drug-likeness (QED) is 0.504. The molecule has 1 N–H and O–H groups in total.